The molecular formula is C24H51NO2. The van der Waals surface area contributed by atoms with Gasteiger partial charge in [-0.2, -0.15) is 0 Å². The molecule has 0 atom stereocenters. The molecule has 0 saturated carbocycles. The lowest BCUT2D eigenvalue weighted by molar-refractivity contribution is 0.246. The van der Waals surface area contributed by atoms with Gasteiger partial charge in [0, 0.05) is 13.2 Å². The zero-order chi connectivity index (χ0) is 19.8. The molecule has 0 aromatic heterocycles. The second kappa shape index (κ2) is 23.9. The summed E-state index contributed by atoms with van der Waals surface area (Å²) in [5, 5.41) is 17.8. The van der Waals surface area contributed by atoms with Crippen molar-refractivity contribution in [1.82, 2.24) is 4.90 Å². The van der Waals surface area contributed by atoms with Gasteiger partial charge >= 0.3 is 0 Å². The van der Waals surface area contributed by atoms with Crippen LogP contribution in [0.2, 0.25) is 0 Å². The van der Waals surface area contributed by atoms with E-state index in [2.05, 4.69) is 11.8 Å². The quantitative estimate of drug-likeness (QED) is 0.202. The summed E-state index contributed by atoms with van der Waals surface area (Å²) in [6, 6.07) is 0. The Morgan fingerprint density at radius 1 is 0.407 bits per heavy atom. The third-order valence-corrected chi connectivity index (χ3v) is 5.59. The summed E-state index contributed by atoms with van der Waals surface area (Å²) in [7, 11) is 0. The highest BCUT2D eigenvalue weighted by molar-refractivity contribution is 4.60. The number of hydrogen-bond acceptors (Lipinski definition) is 3. The topological polar surface area (TPSA) is 43.7 Å². The summed E-state index contributed by atoms with van der Waals surface area (Å²) in [4.78, 5) is 2.67. The Morgan fingerprint density at radius 3 is 1.04 bits per heavy atom. The first-order valence-corrected chi connectivity index (χ1v) is 12.3. The third kappa shape index (κ3) is 22.0. The summed E-state index contributed by atoms with van der Waals surface area (Å²) in [6.45, 7) is 6.68. The van der Waals surface area contributed by atoms with E-state index in [0.717, 1.165) is 12.8 Å². The maximum absolute atomic E-state index is 8.89. The van der Waals surface area contributed by atoms with Gasteiger partial charge in [-0.3, -0.25) is 0 Å². The van der Waals surface area contributed by atoms with E-state index in [4.69, 9.17) is 10.2 Å². The molecule has 164 valence electrons. The van der Waals surface area contributed by atoms with Crippen molar-refractivity contribution in [3.8, 4) is 0 Å². The van der Waals surface area contributed by atoms with Crippen molar-refractivity contribution < 1.29 is 10.2 Å². The molecule has 3 nitrogen and oxygen atoms in total. The van der Waals surface area contributed by atoms with Gasteiger partial charge in [0.15, 0.2) is 0 Å². The fraction of sp³-hybridized carbons (Fsp3) is 1.00. The van der Waals surface area contributed by atoms with Crippen LogP contribution < -0.4 is 0 Å². The van der Waals surface area contributed by atoms with Gasteiger partial charge < -0.3 is 15.1 Å². The van der Waals surface area contributed by atoms with E-state index < -0.39 is 0 Å². The Balaban J connectivity index is 3.68. The van der Waals surface area contributed by atoms with E-state index in [9.17, 15) is 0 Å². The predicted octanol–water partition coefficient (Wildman–Crippen LogP) is 6.31. The van der Waals surface area contributed by atoms with Crippen molar-refractivity contribution >= 4 is 0 Å². The number of hydrogen-bond donors (Lipinski definition) is 2. The standard InChI is InChI=1S/C24H51NO2/c1-2-3-4-5-6-7-8-9-10-15-20-25(21-16-11-13-18-23-26)22-17-12-14-19-24-27/h26-27H,2-24H2,1H3. The molecule has 0 unspecified atom stereocenters. The molecule has 2 N–H and O–H groups in total. The molecule has 0 aromatic carbocycles. The minimum atomic E-state index is 0.340. The number of nitrogens with zero attached hydrogens (tertiary/aromatic N) is 1. The zero-order valence-electron chi connectivity index (χ0n) is 18.6. The Hall–Kier alpha value is -0.120. The van der Waals surface area contributed by atoms with Gasteiger partial charge in [-0.1, -0.05) is 90.4 Å². The second-order valence-electron chi connectivity index (χ2n) is 8.30. The number of unbranched alkanes of at least 4 members (excludes halogenated alkanes) is 15. The molecule has 0 aliphatic rings. The van der Waals surface area contributed by atoms with Gasteiger partial charge in [0.25, 0.3) is 0 Å². The fourth-order valence-corrected chi connectivity index (χ4v) is 3.76. The first-order chi connectivity index (χ1) is 13.3. The molecule has 0 bridgehead atoms. The normalized spacial score (nSPS) is 11.6. The molecule has 27 heavy (non-hydrogen) atoms. The molecule has 3 heteroatoms. The van der Waals surface area contributed by atoms with E-state index in [-0.39, 0.29) is 0 Å². The fourth-order valence-electron chi connectivity index (χ4n) is 3.76. The van der Waals surface area contributed by atoms with Crippen LogP contribution in [0.15, 0.2) is 0 Å². The Morgan fingerprint density at radius 2 is 0.704 bits per heavy atom. The largest absolute Gasteiger partial charge is 0.396 e. The highest BCUT2D eigenvalue weighted by atomic mass is 16.3. The van der Waals surface area contributed by atoms with E-state index >= 15 is 0 Å². The summed E-state index contributed by atoms with van der Waals surface area (Å²) in [5.74, 6) is 0. The minimum Gasteiger partial charge on any atom is -0.396 e. The van der Waals surface area contributed by atoms with Crippen molar-refractivity contribution in [2.45, 2.75) is 122 Å². The number of rotatable bonds is 23. The van der Waals surface area contributed by atoms with Gasteiger partial charge in [0.05, 0.1) is 0 Å². The second-order valence-corrected chi connectivity index (χ2v) is 8.30. The number of aliphatic hydroxyl groups excluding tert-OH is 2. The van der Waals surface area contributed by atoms with Crippen LogP contribution in [0, 0.1) is 0 Å². The highest BCUT2D eigenvalue weighted by Gasteiger charge is 2.05. The van der Waals surface area contributed by atoms with Crippen LogP contribution in [0.1, 0.15) is 122 Å². The van der Waals surface area contributed by atoms with Gasteiger partial charge in [-0.05, 0) is 51.7 Å². The first-order valence-electron chi connectivity index (χ1n) is 12.3. The van der Waals surface area contributed by atoms with Crippen LogP contribution in [0.4, 0.5) is 0 Å². The molecule has 0 saturated heterocycles. The average molecular weight is 386 g/mol. The van der Waals surface area contributed by atoms with Crippen molar-refractivity contribution in [3.63, 3.8) is 0 Å². The summed E-state index contributed by atoms with van der Waals surface area (Å²) in [6.07, 6.45) is 23.4. The van der Waals surface area contributed by atoms with E-state index in [0.29, 0.717) is 13.2 Å². The van der Waals surface area contributed by atoms with Gasteiger partial charge in [-0.15, -0.1) is 0 Å². The van der Waals surface area contributed by atoms with Gasteiger partial charge in [0.1, 0.15) is 0 Å². The van der Waals surface area contributed by atoms with Gasteiger partial charge in [-0.25, -0.2) is 0 Å². The molecule has 0 fully saturated rings. The Bertz CT molecular complexity index is 247. The Kier molecular flexibility index (Phi) is 23.8. The number of aliphatic hydroxyl groups is 2. The predicted molar refractivity (Wildman–Crippen MR) is 119 cm³/mol. The van der Waals surface area contributed by atoms with Gasteiger partial charge in [0.2, 0.25) is 0 Å². The summed E-state index contributed by atoms with van der Waals surface area (Å²) < 4.78 is 0. The minimum absolute atomic E-state index is 0.340. The molecule has 0 aromatic rings. The molecule has 0 aliphatic carbocycles. The van der Waals surface area contributed by atoms with Crippen molar-refractivity contribution in [2.24, 2.45) is 0 Å². The van der Waals surface area contributed by atoms with Crippen molar-refractivity contribution in [2.75, 3.05) is 32.8 Å². The molecular weight excluding hydrogens is 334 g/mol. The van der Waals surface area contributed by atoms with Crippen molar-refractivity contribution in [3.05, 3.63) is 0 Å². The monoisotopic (exact) mass is 385 g/mol. The molecule has 0 heterocycles. The SMILES string of the molecule is CCCCCCCCCCCCN(CCCCCCO)CCCCCCO. The maximum Gasteiger partial charge on any atom is 0.0431 e. The highest BCUT2D eigenvalue weighted by Crippen LogP contribution is 2.12. The average Bonchev–Trinajstić information content (AvgIpc) is 2.68. The van der Waals surface area contributed by atoms with Crippen LogP contribution in [0.5, 0.6) is 0 Å². The third-order valence-electron chi connectivity index (χ3n) is 5.59. The summed E-state index contributed by atoms with van der Waals surface area (Å²) in [5.41, 5.74) is 0. The lowest BCUT2D eigenvalue weighted by Crippen LogP contribution is -2.27. The lowest BCUT2D eigenvalue weighted by Gasteiger charge is -2.22. The van der Waals surface area contributed by atoms with Crippen LogP contribution in [-0.2, 0) is 0 Å². The van der Waals surface area contributed by atoms with Crippen LogP contribution in [-0.4, -0.2) is 48.0 Å². The van der Waals surface area contributed by atoms with Crippen LogP contribution in [0.25, 0.3) is 0 Å². The van der Waals surface area contributed by atoms with Crippen LogP contribution in [0.3, 0.4) is 0 Å². The maximum atomic E-state index is 8.89. The molecule has 0 rings (SSSR count). The molecule has 0 spiro atoms. The molecule has 0 radical (unpaired) electrons. The molecule has 0 aliphatic heterocycles. The van der Waals surface area contributed by atoms with Crippen molar-refractivity contribution in [1.29, 1.82) is 0 Å². The zero-order valence-corrected chi connectivity index (χ0v) is 18.6. The van der Waals surface area contributed by atoms with E-state index in [1.807, 2.05) is 0 Å². The smallest absolute Gasteiger partial charge is 0.0431 e. The first kappa shape index (κ1) is 26.9. The Labute approximate surface area is 170 Å². The molecule has 0 amide bonds. The van der Waals surface area contributed by atoms with E-state index in [1.165, 1.54) is 122 Å². The lowest BCUT2D eigenvalue weighted by atomic mass is 10.1. The van der Waals surface area contributed by atoms with Crippen LogP contribution >= 0.6 is 0 Å². The summed E-state index contributed by atoms with van der Waals surface area (Å²) >= 11 is 0. The van der Waals surface area contributed by atoms with E-state index in [1.54, 1.807) is 0 Å².